The molecule has 2 aromatic heterocycles. The average Bonchev–Trinajstić information content (AvgIpc) is 3.01. The molecule has 0 saturated carbocycles. The van der Waals surface area contributed by atoms with Crippen LogP contribution in [0, 0.1) is 6.92 Å². The third-order valence-corrected chi connectivity index (χ3v) is 5.47. The molecule has 0 radical (unpaired) electrons. The van der Waals surface area contributed by atoms with Crippen molar-refractivity contribution in [3.8, 4) is 0 Å². The van der Waals surface area contributed by atoms with Crippen LogP contribution in [-0.4, -0.2) is 46.0 Å². The molecule has 1 aliphatic rings. The quantitative estimate of drug-likeness (QED) is 0.635. The molecule has 5 heteroatoms. The fourth-order valence-corrected chi connectivity index (χ4v) is 3.94. The molecule has 1 aromatic carbocycles. The fourth-order valence-electron chi connectivity index (χ4n) is 3.94. The standard InChI is InChI=1S/C22H27N3O2/c1-3-4-12-24-13-10-17(11-14-24)27-22(26)20-18-7-5-6-8-19(18)25-15-9-16(2)23-21(20)25/h5-9,15,17H,3-4,10-14H2,1-2H3. The number of fused-ring (bicyclic) bond motifs is 3. The number of hydrogen-bond acceptors (Lipinski definition) is 4. The van der Waals surface area contributed by atoms with Gasteiger partial charge in [-0.15, -0.1) is 0 Å². The molecule has 0 atom stereocenters. The van der Waals surface area contributed by atoms with Gasteiger partial charge in [-0.05, 0) is 44.9 Å². The summed E-state index contributed by atoms with van der Waals surface area (Å²) < 4.78 is 7.90. The van der Waals surface area contributed by atoms with Gasteiger partial charge in [-0.3, -0.25) is 0 Å². The molecule has 0 spiro atoms. The first-order chi connectivity index (χ1) is 13.2. The maximum atomic E-state index is 13.1. The predicted octanol–water partition coefficient (Wildman–Crippen LogP) is 4.22. The Bertz CT molecular complexity index is 955. The van der Waals surface area contributed by atoms with Crippen LogP contribution in [0.15, 0.2) is 36.5 Å². The zero-order valence-electron chi connectivity index (χ0n) is 16.1. The van der Waals surface area contributed by atoms with Gasteiger partial charge in [0.2, 0.25) is 0 Å². The van der Waals surface area contributed by atoms with E-state index in [2.05, 4.69) is 16.8 Å². The van der Waals surface area contributed by atoms with Crippen molar-refractivity contribution in [2.75, 3.05) is 19.6 Å². The molecular weight excluding hydrogens is 338 g/mol. The summed E-state index contributed by atoms with van der Waals surface area (Å²) in [4.78, 5) is 20.2. The van der Waals surface area contributed by atoms with Gasteiger partial charge in [0, 0.05) is 30.4 Å². The summed E-state index contributed by atoms with van der Waals surface area (Å²) in [7, 11) is 0. The molecule has 27 heavy (non-hydrogen) atoms. The van der Waals surface area contributed by atoms with Gasteiger partial charge in [0.25, 0.3) is 0 Å². The number of para-hydroxylation sites is 1. The van der Waals surface area contributed by atoms with E-state index in [9.17, 15) is 4.79 Å². The lowest BCUT2D eigenvalue weighted by molar-refractivity contribution is 0.0116. The topological polar surface area (TPSA) is 46.8 Å². The summed E-state index contributed by atoms with van der Waals surface area (Å²) in [6.45, 7) is 7.32. The van der Waals surface area contributed by atoms with E-state index in [1.165, 1.54) is 12.8 Å². The van der Waals surface area contributed by atoms with Crippen molar-refractivity contribution in [1.82, 2.24) is 14.3 Å². The Hall–Kier alpha value is -2.40. The van der Waals surface area contributed by atoms with Crippen molar-refractivity contribution in [3.63, 3.8) is 0 Å². The van der Waals surface area contributed by atoms with Crippen molar-refractivity contribution in [1.29, 1.82) is 0 Å². The highest BCUT2D eigenvalue weighted by molar-refractivity contribution is 6.10. The Kier molecular flexibility index (Phi) is 5.12. The van der Waals surface area contributed by atoms with Gasteiger partial charge in [-0.25, -0.2) is 9.78 Å². The van der Waals surface area contributed by atoms with Crippen LogP contribution in [0.3, 0.4) is 0 Å². The van der Waals surface area contributed by atoms with E-state index in [4.69, 9.17) is 4.74 Å². The van der Waals surface area contributed by atoms with Gasteiger partial charge in [-0.2, -0.15) is 0 Å². The molecule has 142 valence electrons. The molecule has 0 bridgehead atoms. The maximum absolute atomic E-state index is 13.1. The summed E-state index contributed by atoms with van der Waals surface area (Å²) in [5.74, 6) is -0.251. The molecule has 3 aromatic rings. The number of carbonyl (C=O) groups excluding carboxylic acids is 1. The molecule has 0 amide bonds. The highest BCUT2D eigenvalue weighted by Gasteiger charge is 2.26. The first kappa shape index (κ1) is 18.0. The number of esters is 1. The molecule has 3 heterocycles. The summed E-state index contributed by atoms with van der Waals surface area (Å²) in [5.41, 5.74) is 3.15. The number of aryl methyl sites for hydroxylation is 1. The van der Waals surface area contributed by atoms with Crippen LogP contribution in [0.25, 0.3) is 16.6 Å². The lowest BCUT2D eigenvalue weighted by Crippen LogP contribution is -2.38. The van der Waals surface area contributed by atoms with E-state index >= 15 is 0 Å². The highest BCUT2D eigenvalue weighted by Crippen LogP contribution is 2.27. The SMILES string of the molecule is CCCCN1CCC(OC(=O)c2c3ccccc3n3ccc(C)nc23)CC1. The Morgan fingerprint density at radius 1 is 1.22 bits per heavy atom. The molecule has 1 aliphatic heterocycles. The molecule has 0 aliphatic carbocycles. The molecule has 4 rings (SSSR count). The Morgan fingerprint density at radius 2 is 2.00 bits per heavy atom. The summed E-state index contributed by atoms with van der Waals surface area (Å²) in [6.07, 6.45) is 6.24. The fraction of sp³-hybridized carbons (Fsp3) is 0.455. The Balaban J connectivity index is 1.57. The number of unbranched alkanes of at least 4 members (excludes halogenated alkanes) is 1. The molecule has 1 saturated heterocycles. The van der Waals surface area contributed by atoms with Crippen LogP contribution in [0.5, 0.6) is 0 Å². The summed E-state index contributed by atoms with van der Waals surface area (Å²) in [6, 6.07) is 9.89. The number of carbonyl (C=O) groups is 1. The van der Waals surface area contributed by atoms with Crippen LogP contribution in [0.1, 0.15) is 48.7 Å². The zero-order chi connectivity index (χ0) is 18.8. The summed E-state index contributed by atoms with van der Waals surface area (Å²) >= 11 is 0. The molecule has 0 N–H and O–H groups in total. The van der Waals surface area contributed by atoms with Gasteiger partial charge >= 0.3 is 5.97 Å². The summed E-state index contributed by atoms with van der Waals surface area (Å²) in [5, 5.41) is 0.904. The zero-order valence-corrected chi connectivity index (χ0v) is 16.1. The van der Waals surface area contributed by atoms with Crippen LogP contribution >= 0.6 is 0 Å². The van der Waals surface area contributed by atoms with Crippen molar-refractivity contribution >= 4 is 22.5 Å². The van der Waals surface area contributed by atoms with Crippen molar-refractivity contribution < 1.29 is 9.53 Å². The van der Waals surface area contributed by atoms with E-state index in [0.717, 1.165) is 49.1 Å². The smallest absolute Gasteiger partial charge is 0.342 e. The highest BCUT2D eigenvalue weighted by atomic mass is 16.5. The number of aromatic nitrogens is 2. The first-order valence-corrected chi connectivity index (χ1v) is 9.97. The number of rotatable bonds is 5. The van der Waals surface area contributed by atoms with Crippen molar-refractivity contribution in [2.45, 2.75) is 45.6 Å². The van der Waals surface area contributed by atoms with E-state index in [1.807, 2.05) is 47.9 Å². The minimum absolute atomic E-state index is 0.00565. The maximum Gasteiger partial charge on any atom is 0.342 e. The van der Waals surface area contributed by atoms with E-state index in [0.29, 0.717) is 11.2 Å². The number of benzene rings is 1. The largest absolute Gasteiger partial charge is 0.459 e. The van der Waals surface area contributed by atoms with Crippen LogP contribution in [-0.2, 0) is 4.74 Å². The lowest BCUT2D eigenvalue weighted by Gasteiger charge is -2.31. The van der Waals surface area contributed by atoms with Gasteiger partial charge in [0.15, 0.2) is 5.65 Å². The normalized spacial score (nSPS) is 16.2. The number of piperidine rings is 1. The predicted molar refractivity (Wildman–Crippen MR) is 107 cm³/mol. The van der Waals surface area contributed by atoms with Gasteiger partial charge in [0.1, 0.15) is 11.7 Å². The molecule has 1 fully saturated rings. The molecular formula is C22H27N3O2. The number of hydrogen-bond donors (Lipinski definition) is 0. The number of ether oxygens (including phenoxy) is 1. The monoisotopic (exact) mass is 365 g/mol. The number of likely N-dealkylation sites (tertiary alicyclic amines) is 1. The second-order valence-corrected chi connectivity index (χ2v) is 7.45. The second kappa shape index (κ2) is 7.69. The first-order valence-electron chi connectivity index (χ1n) is 9.97. The van der Waals surface area contributed by atoms with Crippen molar-refractivity contribution in [2.24, 2.45) is 0 Å². The van der Waals surface area contributed by atoms with Crippen molar-refractivity contribution in [3.05, 3.63) is 47.8 Å². The number of nitrogens with zero attached hydrogens (tertiary/aromatic N) is 3. The lowest BCUT2D eigenvalue weighted by atomic mass is 10.1. The van der Waals surface area contributed by atoms with Crippen LogP contribution in [0.2, 0.25) is 0 Å². The molecule has 0 unspecified atom stereocenters. The van der Waals surface area contributed by atoms with Gasteiger partial charge in [-0.1, -0.05) is 31.5 Å². The third kappa shape index (κ3) is 3.56. The molecule has 5 nitrogen and oxygen atoms in total. The Morgan fingerprint density at radius 3 is 2.78 bits per heavy atom. The van der Waals surface area contributed by atoms with E-state index in [1.54, 1.807) is 0 Å². The van der Waals surface area contributed by atoms with E-state index < -0.39 is 0 Å². The van der Waals surface area contributed by atoms with E-state index in [-0.39, 0.29) is 12.1 Å². The van der Waals surface area contributed by atoms with Gasteiger partial charge in [0.05, 0.1) is 5.52 Å². The Labute approximate surface area is 159 Å². The minimum atomic E-state index is -0.251. The second-order valence-electron chi connectivity index (χ2n) is 7.45. The van der Waals surface area contributed by atoms with Gasteiger partial charge < -0.3 is 14.0 Å². The average molecular weight is 365 g/mol. The van der Waals surface area contributed by atoms with Crippen LogP contribution < -0.4 is 0 Å². The minimum Gasteiger partial charge on any atom is -0.459 e. The third-order valence-electron chi connectivity index (χ3n) is 5.47. The van der Waals surface area contributed by atoms with Crippen LogP contribution in [0.4, 0.5) is 0 Å².